The van der Waals surface area contributed by atoms with Gasteiger partial charge in [-0.05, 0) is 42.3 Å². The molecule has 0 saturated carbocycles. The summed E-state index contributed by atoms with van der Waals surface area (Å²) in [6.45, 7) is 1.58. The second-order valence-corrected chi connectivity index (χ2v) is 4.50. The number of rotatable bonds is 4. The summed E-state index contributed by atoms with van der Waals surface area (Å²) in [5.74, 6) is -1.07. The van der Waals surface area contributed by atoms with E-state index in [2.05, 4.69) is 0 Å². The van der Waals surface area contributed by atoms with Gasteiger partial charge in [-0.2, -0.15) is 0 Å². The number of hydrogen-bond donors (Lipinski definition) is 0. The van der Waals surface area contributed by atoms with Gasteiger partial charge in [0.25, 0.3) is 0 Å². The first-order valence-corrected chi connectivity index (χ1v) is 6.13. The van der Waals surface area contributed by atoms with Crippen molar-refractivity contribution in [1.82, 2.24) is 0 Å². The lowest BCUT2D eigenvalue weighted by molar-refractivity contribution is 0.0991. The molecule has 2 aromatic rings. The number of ketones is 1. The SMILES string of the molecule is COc1cccc(CC(=O)c2ccc(F)c(C)c2)c1F. The predicted octanol–water partition coefficient (Wildman–Crippen LogP) is 3.71. The molecule has 104 valence electrons. The van der Waals surface area contributed by atoms with Gasteiger partial charge < -0.3 is 4.74 Å². The average Bonchev–Trinajstić information content (AvgIpc) is 2.44. The van der Waals surface area contributed by atoms with Crippen molar-refractivity contribution in [2.45, 2.75) is 13.3 Å². The molecule has 4 heteroatoms. The maximum atomic E-state index is 14.0. The van der Waals surface area contributed by atoms with Crippen LogP contribution in [0.15, 0.2) is 36.4 Å². The molecule has 0 aliphatic rings. The fourth-order valence-electron chi connectivity index (χ4n) is 1.94. The highest BCUT2D eigenvalue weighted by Crippen LogP contribution is 2.21. The summed E-state index contributed by atoms with van der Waals surface area (Å²) in [6.07, 6.45) is -0.0892. The lowest BCUT2D eigenvalue weighted by Crippen LogP contribution is -2.06. The number of hydrogen-bond acceptors (Lipinski definition) is 2. The molecule has 0 amide bonds. The molecule has 0 spiro atoms. The molecule has 0 bridgehead atoms. The van der Waals surface area contributed by atoms with E-state index in [0.29, 0.717) is 11.1 Å². The van der Waals surface area contributed by atoms with Crippen LogP contribution in [-0.4, -0.2) is 12.9 Å². The number of ether oxygens (including phenoxy) is 1. The fourth-order valence-corrected chi connectivity index (χ4v) is 1.94. The normalized spacial score (nSPS) is 10.4. The van der Waals surface area contributed by atoms with Crippen LogP contribution in [0.5, 0.6) is 5.75 Å². The van der Waals surface area contributed by atoms with Crippen LogP contribution in [0.25, 0.3) is 0 Å². The molecule has 0 aliphatic carbocycles. The van der Waals surface area contributed by atoms with Gasteiger partial charge in [0.05, 0.1) is 7.11 Å². The van der Waals surface area contributed by atoms with Crippen LogP contribution >= 0.6 is 0 Å². The number of carbonyl (C=O) groups excluding carboxylic acids is 1. The first kappa shape index (κ1) is 14.2. The number of benzene rings is 2. The zero-order valence-electron chi connectivity index (χ0n) is 11.2. The fraction of sp³-hybridized carbons (Fsp3) is 0.188. The first-order valence-electron chi connectivity index (χ1n) is 6.13. The molecule has 0 N–H and O–H groups in total. The summed E-state index contributed by atoms with van der Waals surface area (Å²) in [5, 5.41) is 0. The van der Waals surface area contributed by atoms with Crippen molar-refractivity contribution >= 4 is 5.78 Å². The summed E-state index contributed by atoms with van der Waals surface area (Å²) >= 11 is 0. The highest BCUT2D eigenvalue weighted by atomic mass is 19.1. The molecule has 2 nitrogen and oxygen atoms in total. The van der Waals surface area contributed by atoms with Gasteiger partial charge >= 0.3 is 0 Å². The van der Waals surface area contributed by atoms with E-state index in [0.717, 1.165) is 0 Å². The largest absolute Gasteiger partial charge is 0.494 e. The van der Waals surface area contributed by atoms with Gasteiger partial charge in [-0.3, -0.25) is 4.79 Å². The van der Waals surface area contributed by atoms with Crippen LogP contribution in [-0.2, 0) is 6.42 Å². The smallest absolute Gasteiger partial charge is 0.168 e. The number of carbonyl (C=O) groups is 1. The van der Waals surface area contributed by atoms with E-state index in [1.165, 1.54) is 37.4 Å². The molecule has 0 heterocycles. The van der Waals surface area contributed by atoms with Gasteiger partial charge in [-0.15, -0.1) is 0 Å². The molecular weight excluding hydrogens is 262 g/mol. The van der Waals surface area contributed by atoms with Crippen molar-refractivity contribution in [3.05, 3.63) is 64.7 Å². The van der Waals surface area contributed by atoms with Crippen molar-refractivity contribution in [3.63, 3.8) is 0 Å². The Hall–Kier alpha value is -2.23. The number of methoxy groups -OCH3 is 1. The summed E-state index contributed by atoms with van der Waals surface area (Å²) < 4.78 is 32.0. The van der Waals surface area contributed by atoms with E-state index < -0.39 is 5.82 Å². The number of aryl methyl sites for hydroxylation is 1. The average molecular weight is 276 g/mol. The van der Waals surface area contributed by atoms with Crippen molar-refractivity contribution in [1.29, 1.82) is 0 Å². The summed E-state index contributed by atoms with van der Waals surface area (Å²) in [6, 6.07) is 8.76. The van der Waals surface area contributed by atoms with E-state index in [-0.39, 0.29) is 29.3 Å². The van der Waals surface area contributed by atoms with Gasteiger partial charge in [0.15, 0.2) is 17.3 Å². The van der Waals surface area contributed by atoms with E-state index >= 15 is 0 Å². The molecule has 0 aliphatic heterocycles. The van der Waals surface area contributed by atoms with Crippen molar-refractivity contribution in [2.75, 3.05) is 7.11 Å². The van der Waals surface area contributed by atoms with E-state index in [4.69, 9.17) is 4.74 Å². The molecule has 0 fully saturated rings. The Morgan fingerprint density at radius 1 is 1.20 bits per heavy atom. The zero-order chi connectivity index (χ0) is 14.7. The van der Waals surface area contributed by atoms with E-state index in [9.17, 15) is 13.6 Å². The maximum Gasteiger partial charge on any atom is 0.168 e. The lowest BCUT2D eigenvalue weighted by Gasteiger charge is -2.07. The minimum Gasteiger partial charge on any atom is -0.494 e. The second-order valence-electron chi connectivity index (χ2n) is 4.50. The Morgan fingerprint density at radius 2 is 1.95 bits per heavy atom. The molecule has 20 heavy (non-hydrogen) atoms. The Morgan fingerprint density at radius 3 is 2.60 bits per heavy atom. The third kappa shape index (κ3) is 2.85. The topological polar surface area (TPSA) is 26.3 Å². The van der Waals surface area contributed by atoms with Gasteiger partial charge in [0.2, 0.25) is 0 Å². The van der Waals surface area contributed by atoms with Crippen LogP contribution in [0, 0.1) is 18.6 Å². The van der Waals surface area contributed by atoms with Crippen LogP contribution in [0.2, 0.25) is 0 Å². The molecule has 0 atom stereocenters. The van der Waals surface area contributed by atoms with Gasteiger partial charge in [0, 0.05) is 12.0 Å². The Kier molecular flexibility index (Phi) is 4.13. The minimum atomic E-state index is -0.540. The minimum absolute atomic E-state index is 0.0892. The predicted molar refractivity (Wildman–Crippen MR) is 72.1 cm³/mol. The Bertz CT molecular complexity index is 651. The maximum absolute atomic E-state index is 14.0. The first-order chi connectivity index (χ1) is 9.52. The quantitative estimate of drug-likeness (QED) is 0.796. The highest BCUT2D eigenvalue weighted by molar-refractivity contribution is 5.97. The Labute approximate surface area is 116 Å². The van der Waals surface area contributed by atoms with Crippen LogP contribution in [0.4, 0.5) is 8.78 Å². The standard InChI is InChI=1S/C16H14F2O2/c1-10-8-11(6-7-13(10)17)14(19)9-12-4-3-5-15(20-2)16(12)18/h3-8H,9H2,1-2H3. The van der Waals surface area contributed by atoms with Crippen LogP contribution in [0.1, 0.15) is 21.5 Å². The molecule has 0 aromatic heterocycles. The van der Waals surface area contributed by atoms with E-state index in [1.807, 2.05) is 0 Å². The van der Waals surface area contributed by atoms with Crippen LogP contribution in [0.3, 0.4) is 0 Å². The van der Waals surface area contributed by atoms with Crippen molar-refractivity contribution < 1.29 is 18.3 Å². The molecule has 2 aromatic carbocycles. The molecule has 0 saturated heterocycles. The number of halogens is 2. The monoisotopic (exact) mass is 276 g/mol. The van der Waals surface area contributed by atoms with Crippen LogP contribution < -0.4 is 4.74 Å². The summed E-state index contributed by atoms with van der Waals surface area (Å²) in [4.78, 5) is 12.1. The molecule has 0 unspecified atom stereocenters. The van der Waals surface area contributed by atoms with Crippen molar-refractivity contribution in [2.24, 2.45) is 0 Å². The molecule has 2 rings (SSSR count). The molecule has 0 radical (unpaired) electrons. The zero-order valence-corrected chi connectivity index (χ0v) is 11.2. The third-order valence-electron chi connectivity index (χ3n) is 3.09. The second kappa shape index (κ2) is 5.82. The molecular formula is C16H14F2O2. The van der Waals surface area contributed by atoms with E-state index in [1.54, 1.807) is 13.0 Å². The van der Waals surface area contributed by atoms with Crippen molar-refractivity contribution in [3.8, 4) is 5.75 Å². The van der Waals surface area contributed by atoms with Gasteiger partial charge in [-0.25, -0.2) is 8.78 Å². The Balaban J connectivity index is 2.25. The summed E-state index contributed by atoms with van der Waals surface area (Å²) in [7, 11) is 1.37. The van der Waals surface area contributed by atoms with Gasteiger partial charge in [0.1, 0.15) is 5.82 Å². The highest BCUT2D eigenvalue weighted by Gasteiger charge is 2.14. The van der Waals surface area contributed by atoms with Gasteiger partial charge in [-0.1, -0.05) is 12.1 Å². The third-order valence-corrected chi connectivity index (χ3v) is 3.09. The number of Topliss-reactive ketones (excluding diaryl/α,β-unsaturated/α-hetero) is 1. The summed E-state index contributed by atoms with van der Waals surface area (Å²) in [5.41, 5.74) is 1.02. The lowest BCUT2D eigenvalue weighted by atomic mass is 10.0.